The molecule has 0 amide bonds. The fraction of sp³-hybridized carbons (Fsp3) is 0.929. The Hall–Kier alpha value is -0.550. The van der Waals surface area contributed by atoms with E-state index in [0.717, 1.165) is 50.4 Å². The second-order valence-electron chi connectivity index (χ2n) is 6.13. The topological polar surface area (TPSA) is 44.0 Å². The smallest absolute Gasteiger partial charge is 0.0835 e. The van der Waals surface area contributed by atoms with Gasteiger partial charge in [0.15, 0.2) is 0 Å². The highest BCUT2D eigenvalue weighted by atomic mass is 16.3. The van der Waals surface area contributed by atoms with Crippen molar-refractivity contribution in [1.82, 2.24) is 0 Å². The third-order valence-electron chi connectivity index (χ3n) is 4.72. The molecule has 0 aromatic carbocycles. The van der Waals surface area contributed by atoms with Crippen LogP contribution in [-0.2, 0) is 0 Å². The second kappa shape index (κ2) is 4.37. The van der Waals surface area contributed by atoms with Gasteiger partial charge in [-0.15, -0.1) is 0 Å². The third kappa shape index (κ3) is 2.11. The van der Waals surface area contributed by atoms with Crippen LogP contribution in [0.2, 0.25) is 0 Å². The molecular formula is C14H23NO. The molecule has 16 heavy (non-hydrogen) atoms. The van der Waals surface area contributed by atoms with Crippen molar-refractivity contribution in [3.05, 3.63) is 0 Å². The van der Waals surface area contributed by atoms with Crippen molar-refractivity contribution in [2.75, 3.05) is 0 Å². The molecule has 0 bridgehead atoms. The molecule has 0 aromatic heterocycles. The monoisotopic (exact) mass is 221 g/mol. The minimum atomic E-state index is -0.410. The van der Waals surface area contributed by atoms with Gasteiger partial charge < -0.3 is 5.11 Å². The van der Waals surface area contributed by atoms with Gasteiger partial charge in [-0.2, -0.15) is 5.26 Å². The number of aliphatic hydroxyl groups is 1. The summed E-state index contributed by atoms with van der Waals surface area (Å²) in [5.74, 6) is 1.90. The van der Waals surface area contributed by atoms with E-state index in [1.165, 1.54) is 0 Å². The molecule has 0 spiro atoms. The van der Waals surface area contributed by atoms with Crippen LogP contribution in [0.15, 0.2) is 0 Å². The lowest BCUT2D eigenvalue weighted by atomic mass is 9.65. The van der Waals surface area contributed by atoms with E-state index >= 15 is 0 Å². The van der Waals surface area contributed by atoms with Crippen molar-refractivity contribution in [3.63, 3.8) is 0 Å². The molecule has 90 valence electrons. The lowest BCUT2D eigenvalue weighted by Crippen LogP contribution is -2.39. The Morgan fingerprint density at radius 1 is 1.12 bits per heavy atom. The number of aliphatic hydroxyl groups excluding tert-OH is 1. The van der Waals surface area contributed by atoms with E-state index in [4.69, 9.17) is 0 Å². The Morgan fingerprint density at radius 2 is 1.69 bits per heavy atom. The summed E-state index contributed by atoms with van der Waals surface area (Å²) in [6.07, 6.45) is 5.94. The highest BCUT2D eigenvalue weighted by Crippen LogP contribution is 2.49. The van der Waals surface area contributed by atoms with E-state index < -0.39 is 5.41 Å². The van der Waals surface area contributed by atoms with Crippen molar-refractivity contribution in [3.8, 4) is 6.07 Å². The zero-order chi connectivity index (χ0) is 11.8. The highest BCUT2D eigenvalue weighted by Gasteiger charge is 2.48. The zero-order valence-corrected chi connectivity index (χ0v) is 10.4. The molecule has 2 saturated carbocycles. The molecule has 2 aliphatic carbocycles. The van der Waals surface area contributed by atoms with Gasteiger partial charge in [0.05, 0.1) is 17.6 Å². The van der Waals surface area contributed by atoms with Crippen LogP contribution in [0.5, 0.6) is 0 Å². The first kappa shape index (κ1) is 11.9. The van der Waals surface area contributed by atoms with E-state index in [1.54, 1.807) is 0 Å². The van der Waals surface area contributed by atoms with Crippen LogP contribution in [0.4, 0.5) is 0 Å². The van der Waals surface area contributed by atoms with Gasteiger partial charge in [-0.25, -0.2) is 0 Å². The van der Waals surface area contributed by atoms with Gasteiger partial charge in [0.1, 0.15) is 0 Å². The summed E-state index contributed by atoms with van der Waals surface area (Å²) in [6, 6.07) is 2.45. The van der Waals surface area contributed by atoms with Gasteiger partial charge in [-0.3, -0.25) is 0 Å². The van der Waals surface area contributed by atoms with Crippen molar-refractivity contribution in [2.45, 2.75) is 58.5 Å². The van der Waals surface area contributed by atoms with E-state index in [-0.39, 0.29) is 6.10 Å². The van der Waals surface area contributed by atoms with Crippen LogP contribution in [-0.4, -0.2) is 11.2 Å². The summed E-state index contributed by atoms with van der Waals surface area (Å²) in [6.45, 7) is 4.53. The lowest BCUT2D eigenvalue weighted by Gasteiger charge is -2.39. The zero-order valence-electron chi connectivity index (χ0n) is 10.4. The molecule has 0 saturated heterocycles. The number of hydrogen-bond donors (Lipinski definition) is 1. The predicted molar refractivity (Wildman–Crippen MR) is 63.6 cm³/mol. The maximum absolute atomic E-state index is 10.3. The minimum Gasteiger partial charge on any atom is -0.391 e. The maximum Gasteiger partial charge on any atom is 0.0835 e. The molecule has 2 heteroatoms. The summed E-state index contributed by atoms with van der Waals surface area (Å²) >= 11 is 0. The Bertz CT molecular complexity index is 280. The number of hydrogen-bond acceptors (Lipinski definition) is 2. The quantitative estimate of drug-likeness (QED) is 0.795. The Kier molecular flexibility index (Phi) is 3.26. The van der Waals surface area contributed by atoms with E-state index in [9.17, 15) is 10.4 Å². The summed E-state index contributed by atoms with van der Waals surface area (Å²) in [5, 5.41) is 19.7. The fourth-order valence-electron chi connectivity index (χ4n) is 3.16. The standard InChI is InChI=1S/C14H23NO/c1-10(2)11-5-7-14(9-15,8-6-11)13(16)12-3-4-12/h10-13,16H,3-8H2,1-2H3. The first-order chi connectivity index (χ1) is 7.59. The summed E-state index contributed by atoms with van der Waals surface area (Å²) in [7, 11) is 0. The fourth-order valence-corrected chi connectivity index (χ4v) is 3.16. The molecule has 1 unspecified atom stereocenters. The van der Waals surface area contributed by atoms with Gasteiger partial charge >= 0.3 is 0 Å². The lowest BCUT2D eigenvalue weighted by molar-refractivity contribution is 0.00590. The van der Waals surface area contributed by atoms with Crippen LogP contribution in [0.3, 0.4) is 0 Å². The predicted octanol–water partition coefficient (Wildman–Crippen LogP) is 3.11. The van der Waals surface area contributed by atoms with Crippen molar-refractivity contribution < 1.29 is 5.11 Å². The van der Waals surface area contributed by atoms with Crippen LogP contribution in [0.1, 0.15) is 52.4 Å². The van der Waals surface area contributed by atoms with Gasteiger partial charge in [-0.1, -0.05) is 13.8 Å². The summed E-state index contributed by atoms with van der Waals surface area (Å²) in [5.41, 5.74) is -0.410. The van der Waals surface area contributed by atoms with Crippen LogP contribution in [0.25, 0.3) is 0 Å². The van der Waals surface area contributed by atoms with Crippen molar-refractivity contribution in [2.24, 2.45) is 23.2 Å². The molecular weight excluding hydrogens is 198 g/mol. The van der Waals surface area contributed by atoms with Crippen molar-refractivity contribution in [1.29, 1.82) is 5.26 Å². The van der Waals surface area contributed by atoms with Crippen LogP contribution in [0, 0.1) is 34.5 Å². The summed E-state index contributed by atoms with van der Waals surface area (Å²) in [4.78, 5) is 0. The molecule has 2 aliphatic rings. The molecule has 1 N–H and O–H groups in total. The maximum atomic E-state index is 10.3. The normalized spacial score (nSPS) is 37.1. The third-order valence-corrected chi connectivity index (χ3v) is 4.72. The first-order valence-corrected chi connectivity index (χ1v) is 6.68. The van der Waals surface area contributed by atoms with E-state index in [0.29, 0.717) is 5.92 Å². The van der Waals surface area contributed by atoms with Crippen LogP contribution < -0.4 is 0 Å². The Balaban J connectivity index is 2.00. The SMILES string of the molecule is CC(C)C1CCC(C#N)(C(O)C2CC2)CC1. The molecule has 2 nitrogen and oxygen atoms in total. The Labute approximate surface area is 98.7 Å². The number of nitriles is 1. The average molecular weight is 221 g/mol. The summed E-state index contributed by atoms with van der Waals surface area (Å²) < 4.78 is 0. The van der Waals surface area contributed by atoms with Gasteiger partial charge in [0.25, 0.3) is 0 Å². The Morgan fingerprint density at radius 3 is 2.06 bits per heavy atom. The van der Waals surface area contributed by atoms with Gasteiger partial charge in [0.2, 0.25) is 0 Å². The minimum absolute atomic E-state index is 0.356. The molecule has 0 aromatic rings. The van der Waals surface area contributed by atoms with E-state index in [2.05, 4.69) is 19.9 Å². The molecule has 0 aliphatic heterocycles. The number of nitrogens with zero attached hydrogens (tertiary/aromatic N) is 1. The average Bonchev–Trinajstić information content (AvgIpc) is 3.12. The molecule has 0 radical (unpaired) electrons. The molecule has 2 fully saturated rings. The highest BCUT2D eigenvalue weighted by molar-refractivity contribution is 5.09. The first-order valence-electron chi connectivity index (χ1n) is 6.68. The molecule has 1 atom stereocenters. The van der Waals surface area contributed by atoms with Gasteiger partial charge in [-0.05, 0) is 56.3 Å². The largest absolute Gasteiger partial charge is 0.391 e. The molecule has 2 rings (SSSR count). The number of rotatable bonds is 3. The van der Waals surface area contributed by atoms with Gasteiger partial charge in [0, 0.05) is 0 Å². The van der Waals surface area contributed by atoms with E-state index in [1.807, 2.05) is 0 Å². The van der Waals surface area contributed by atoms with Crippen molar-refractivity contribution >= 4 is 0 Å². The van der Waals surface area contributed by atoms with Crippen LogP contribution >= 0.6 is 0 Å². The second-order valence-corrected chi connectivity index (χ2v) is 6.13. The molecule has 0 heterocycles.